The summed E-state index contributed by atoms with van der Waals surface area (Å²) in [7, 11) is 0. The van der Waals surface area contributed by atoms with E-state index in [2.05, 4.69) is 25.7 Å². The van der Waals surface area contributed by atoms with Gasteiger partial charge in [0.05, 0.1) is 5.41 Å². The number of nitrogens with zero attached hydrogens (tertiary/aromatic N) is 5. The standard InChI is InChI=1S/C14H24N6O2/c1-11-16-17-18-20(11)8-3-7-19-9-4-12-14(10-19,13(21)22)5-2-6-15-12/h12,15H,2-10H2,1H3,(H,21,22)/t12-,14+/m1/s1. The lowest BCUT2D eigenvalue weighted by atomic mass is 9.70. The van der Waals surface area contributed by atoms with E-state index in [4.69, 9.17) is 0 Å². The van der Waals surface area contributed by atoms with Crippen molar-refractivity contribution in [2.45, 2.75) is 45.2 Å². The lowest BCUT2D eigenvalue weighted by molar-refractivity contribution is -0.157. The molecule has 2 aliphatic heterocycles. The average Bonchev–Trinajstić information content (AvgIpc) is 2.92. The van der Waals surface area contributed by atoms with Crippen molar-refractivity contribution in [3.63, 3.8) is 0 Å². The van der Waals surface area contributed by atoms with Crippen molar-refractivity contribution < 1.29 is 9.90 Å². The van der Waals surface area contributed by atoms with E-state index >= 15 is 0 Å². The minimum atomic E-state index is -0.647. The molecule has 122 valence electrons. The van der Waals surface area contributed by atoms with Crippen LogP contribution in [0.25, 0.3) is 0 Å². The van der Waals surface area contributed by atoms with E-state index in [-0.39, 0.29) is 6.04 Å². The lowest BCUT2D eigenvalue weighted by Crippen LogP contribution is -2.63. The predicted molar refractivity (Wildman–Crippen MR) is 79.3 cm³/mol. The molecule has 2 fully saturated rings. The van der Waals surface area contributed by atoms with Crippen molar-refractivity contribution in [1.29, 1.82) is 0 Å². The number of aromatic nitrogens is 4. The Morgan fingerprint density at radius 1 is 1.50 bits per heavy atom. The maximum Gasteiger partial charge on any atom is 0.312 e. The topological polar surface area (TPSA) is 96.2 Å². The number of aryl methyl sites for hydroxylation is 2. The molecule has 1 aromatic heterocycles. The quantitative estimate of drug-likeness (QED) is 0.784. The number of hydrogen-bond acceptors (Lipinski definition) is 6. The van der Waals surface area contributed by atoms with Crippen LogP contribution in [-0.2, 0) is 11.3 Å². The maximum atomic E-state index is 11.9. The predicted octanol–water partition coefficient (Wildman–Crippen LogP) is -0.0997. The molecule has 0 spiro atoms. The zero-order chi connectivity index (χ0) is 15.6. The molecule has 2 aliphatic rings. The van der Waals surface area contributed by atoms with Crippen LogP contribution in [0, 0.1) is 12.3 Å². The molecule has 2 saturated heterocycles. The molecule has 3 rings (SSSR count). The Labute approximate surface area is 129 Å². The van der Waals surface area contributed by atoms with Gasteiger partial charge in [0.25, 0.3) is 0 Å². The molecular formula is C14H24N6O2. The van der Waals surface area contributed by atoms with Crippen LogP contribution in [0.2, 0.25) is 0 Å². The van der Waals surface area contributed by atoms with Crippen LogP contribution < -0.4 is 5.32 Å². The van der Waals surface area contributed by atoms with E-state index in [0.29, 0.717) is 6.54 Å². The number of rotatable bonds is 5. The molecule has 1 aromatic rings. The van der Waals surface area contributed by atoms with E-state index < -0.39 is 11.4 Å². The number of hydrogen-bond donors (Lipinski definition) is 2. The van der Waals surface area contributed by atoms with Crippen LogP contribution in [0.15, 0.2) is 0 Å². The average molecular weight is 308 g/mol. The largest absolute Gasteiger partial charge is 0.481 e. The van der Waals surface area contributed by atoms with Crippen molar-refractivity contribution in [1.82, 2.24) is 30.4 Å². The van der Waals surface area contributed by atoms with Crippen LogP contribution in [0.5, 0.6) is 0 Å². The summed E-state index contributed by atoms with van der Waals surface area (Å²) in [6, 6.07) is 0.122. The van der Waals surface area contributed by atoms with Gasteiger partial charge in [-0.25, -0.2) is 4.68 Å². The third-order valence-electron chi connectivity index (χ3n) is 5.08. The number of carbonyl (C=O) groups is 1. The van der Waals surface area contributed by atoms with Crippen molar-refractivity contribution in [3.8, 4) is 0 Å². The number of aliphatic carboxylic acids is 1. The van der Waals surface area contributed by atoms with E-state index in [1.807, 2.05) is 6.92 Å². The summed E-state index contributed by atoms with van der Waals surface area (Å²) >= 11 is 0. The molecule has 0 aliphatic carbocycles. The molecule has 3 heterocycles. The normalized spacial score (nSPS) is 29.2. The fourth-order valence-corrected chi connectivity index (χ4v) is 3.82. The molecule has 0 aromatic carbocycles. The Kier molecular flexibility index (Phi) is 4.39. The van der Waals surface area contributed by atoms with Gasteiger partial charge in [0.1, 0.15) is 5.82 Å². The second kappa shape index (κ2) is 6.29. The van der Waals surface area contributed by atoms with Gasteiger partial charge in [-0.2, -0.15) is 0 Å². The molecule has 2 atom stereocenters. The number of carboxylic acids is 1. The molecule has 0 unspecified atom stereocenters. The smallest absolute Gasteiger partial charge is 0.312 e. The first-order valence-electron chi connectivity index (χ1n) is 8.04. The van der Waals surface area contributed by atoms with Gasteiger partial charge in [0, 0.05) is 19.1 Å². The summed E-state index contributed by atoms with van der Waals surface area (Å²) in [5.74, 6) is 0.169. The van der Waals surface area contributed by atoms with E-state index in [9.17, 15) is 9.90 Å². The summed E-state index contributed by atoms with van der Waals surface area (Å²) in [5.41, 5.74) is -0.610. The fourth-order valence-electron chi connectivity index (χ4n) is 3.82. The van der Waals surface area contributed by atoms with Gasteiger partial charge in [0.2, 0.25) is 0 Å². The lowest BCUT2D eigenvalue weighted by Gasteiger charge is -2.48. The van der Waals surface area contributed by atoms with Crippen LogP contribution in [0.3, 0.4) is 0 Å². The van der Waals surface area contributed by atoms with Crippen molar-refractivity contribution in [2.75, 3.05) is 26.2 Å². The highest BCUT2D eigenvalue weighted by Gasteiger charge is 2.50. The van der Waals surface area contributed by atoms with Gasteiger partial charge < -0.3 is 15.3 Å². The number of piperidine rings is 2. The molecule has 0 amide bonds. The SMILES string of the molecule is Cc1nnnn1CCCN1CC[C@H]2NCCC[C@]2(C(=O)O)C1. The number of carboxylic acid groups (broad SMARTS) is 1. The van der Waals surface area contributed by atoms with Gasteiger partial charge in [0.15, 0.2) is 0 Å². The highest BCUT2D eigenvalue weighted by atomic mass is 16.4. The Morgan fingerprint density at radius 2 is 2.36 bits per heavy atom. The molecule has 8 nitrogen and oxygen atoms in total. The third kappa shape index (κ3) is 2.85. The first kappa shape index (κ1) is 15.4. The van der Waals surface area contributed by atoms with Crippen molar-refractivity contribution in [3.05, 3.63) is 5.82 Å². The Morgan fingerprint density at radius 3 is 3.09 bits per heavy atom. The van der Waals surface area contributed by atoms with E-state index in [0.717, 1.165) is 57.7 Å². The molecule has 0 saturated carbocycles. The molecule has 0 bridgehead atoms. The zero-order valence-corrected chi connectivity index (χ0v) is 13.0. The van der Waals surface area contributed by atoms with E-state index in [1.165, 1.54) is 0 Å². The Bertz CT molecular complexity index is 533. The van der Waals surface area contributed by atoms with Gasteiger partial charge >= 0.3 is 5.97 Å². The van der Waals surface area contributed by atoms with Gasteiger partial charge in [-0.1, -0.05) is 0 Å². The third-order valence-corrected chi connectivity index (χ3v) is 5.08. The Balaban J connectivity index is 1.57. The highest BCUT2D eigenvalue weighted by Crippen LogP contribution is 2.37. The molecule has 2 N–H and O–H groups in total. The van der Waals surface area contributed by atoms with Crippen LogP contribution in [0.1, 0.15) is 31.5 Å². The van der Waals surface area contributed by atoms with Gasteiger partial charge in [-0.05, 0) is 62.7 Å². The van der Waals surface area contributed by atoms with Crippen LogP contribution in [0.4, 0.5) is 0 Å². The summed E-state index contributed by atoms with van der Waals surface area (Å²) in [6.07, 6.45) is 3.57. The van der Waals surface area contributed by atoms with E-state index in [1.54, 1.807) is 4.68 Å². The monoisotopic (exact) mass is 308 g/mol. The highest BCUT2D eigenvalue weighted by molar-refractivity contribution is 5.76. The van der Waals surface area contributed by atoms with Gasteiger partial charge in [-0.3, -0.25) is 4.79 Å². The van der Waals surface area contributed by atoms with Crippen LogP contribution >= 0.6 is 0 Å². The Hall–Kier alpha value is -1.54. The minimum Gasteiger partial charge on any atom is -0.481 e. The van der Waals surface area contributed by atoms with Crippen molar-refractivity contribution in [2.24, 2.45) is 5.41 Å². The first-order valence-corrected chi connectivity index (χ1v) is 8.04. The second-order valence-corrected chi connectivity index (χ2v) is 6.44. The molecule has 8 heteroatoms. The molecule has 22 heavy (non-hydrogen) atoms. The first-order chi connectivity index (χ1) is 10.6. The number of tetrazole rings is 1. The minimum absolute atomic E-state index is 0.122. The summed E-state index contributed by atoms with van der Waals surface area (Å²) < 4.78 is 1.79. The summed E-state index contributed by atoms with van der Waals surface area (Å²) in [5, 5.41) is 24.6. The second-order valence-electron chi connectivity index (χ2n) is 6.44. The fraction of sp³-hybridized carbons (Fsp3) is 0.857. The summed E-state index contributed by atoms with van der Waals surface area (Å²) in [4.78, 5) is 14.2. The number of likely N-dealkylation sites (tertiary alicyclic amines) is 1. The molecule has 0 radical (unpaired) electrons. The number of fused-ring (bicyclic) bond motifs is 1. The molecular weight excluding hydrogens is 284 g/mol. The van der Waals surface area contributed by atoms with Crippen molar-refractivity contribution >= 4 is 5.97 Å². The number of nitrogens with one attached hydrogen (secondary N) is 1. The maximum absolute atomic E-state index is 11.9. The van der Waals surface area contributed by atoms with Gasteiger partial charge in [-0.15, -0.1) is 5.10 Å². The summed E-state index contributed by atoms with van der Waals surface area (Å²) in [6.45, 7) is 6.10. The van der Waals surface area contributed by atoms with Crippen LogP contribution in [-0.4, -0.2) is 68.4 Å². The zero-order valence-electron chi connectivity index (χ0n) is 13.0.